The van der Waals surface area contributed by atoms with Gasteiger partial charge in [0.05, 0.1) is 13.2 Å². The Morgan fingerprint density at radius 1 is 0.975 bits per heavy atom. The molecule has 4 aromatic rings. The summed E-state index contributed by atoms with van der Waals surface area (Å²) in [5.41, 5.74) is 12.5. The zero-order valence-electron chi connectivity index (χ0n) is 21.4. The fourth-order valence-electron chi connectivity index (χ4n) is 6.15. The maximum atomic E-state index is 13.0. The Morgan fingerprint density at radius 3 is 2.52 bits per heavy atom. The van der Waals surface area contributed by atoms with E-state index in [0.717, 1.165) is 23.2 Å². The molecule has 0 saturated carbocycles. The van der Waals surface area contributed by atoms with Crippen molar-refractivity contribution in [1.29, 1.82) is 5.41 Å². The topological polar surface area (TPSA) is 101 Å². The van der Waals surface area contributed by atoms with Gasteiger partial charge in [-0.25, -0.2) is 0 Å². The van der Waals surface area contributed by atoms with Crippen LogP contribution in [-0.2, 0) is 6.42 Å². The minimum atomic E-state index is -4.83. The van der Waals surface area contributed by atoms with E-state index in [9.17, 15) is 18.3 Å². The molecule has 1 heterocycles. The summed E-state index contributed by atoms with van der Waals surface area (Å²) in [5.74, 6) is -0.223. The fraction of sp³-hybridized carbons (Fsp3) is 0.194. The van der Waals surface area contributed by atoms with Crippen LogP contribution in [0.1, 0.15) is 39.8 Å². The van der Waals surface area contributed by atoms with E-state index in [1.807, 2.05) is 24.3 Å². The average Bonchev–Trinajstić information content (AvgIpc) is 3.31. The lowest BCUT2D eigenvalue weighted by molar-refractivity contribution is -0.274. The highest BCUT2D eigenvalue weighted by atomic mass is 19.4. The number of aromatic hydroxyl groups is 1. The van der Waals surface area contributed by atoms with Gasteiger partial charge in [-0.3, -0.25) is 5.41 Å². The van der Waals surface area contributed by atoms with Crippen LogP contribution in [0.15, 0.2) is 78.9 Å². The van der Waals surface area contributed by atoms with E-state index in [0.29, 0.717) is 16.7 Å². The lowest BCUT2D eigenvalue weighted by atomic mass is 9.74. The molecule has 4 aromatic carbocycles. The van der Waals surface area contributed by atoms with Crippen LogP contribution in [0.2, 0.25) is 0 Å². The number of phenols is 1. The van der Waals surface area contributed by atoms with Gasteiger partial charge in [0.1, 0.15) is 11.6 Å². The molecule has 0 fully saturated rings. The number of ether oxygens (including phenoxy) is 2. The smallest absolute Gasteiger partial charge is 0.504 e. The standard InChI is InChI=1S/C31H26F3N3O3/c1-39-27-15-22(21(14-26(27)38)16-6-4-7-19(11-16)40-31(32,33)34)29-24-12-17-5-2-3-8-20(17)28(24)23-13-18(30(35)36)9-10-25(23)37-29/h2-11,13-15,24,28-29,37-38H,12H2,1H3,(H3,35,36). The molecular formula is C31H26F3N3O3. The number of hydrogen-bond acceptors (Lipinski definition) is 5. The first-order valence-electron chi connectivity index (χ1n) is 12.7. The summed E-state index contributed by atoms with van der Waals surface area (Å²) in [5, 5.41) is 22.3. The third-order valence-corrected chi connectivity index (χ3v) is 7.78. The molecule has 0 spiro atoms. The number of nitrogens with one attached hydrogen (secondary N) is 2. The number of hydrogen-bond donors (Lipinski definition) is 4. The highest BCUT2D eigenvalue weighted by molar-refractivity contribution is 5.96. The number of methoxy groups -OCH3 is 1. The lowest BCUT2D eigenvalue weighted by Gasteiger charge is -2.39. The van der Waals surface area contributed by atoms with Gasteiger partial charge in [-0.1, -0.05) is 36.4 Å². The molecule has 1 aliphatic carbocycles. The van der Waals surface area contributed by atoms with Crippen molar-refractivity contribution in [3.63, 3.8) is 0 Å². The minimum Gasteiger partial charge on any atom is -0.504 e. The van der Waals surface area contributed by atoms with Gasteiger partial charge in [-0.2, -0.15) is 0 Å². The van der Waals surface area contributed by atoms with E-state index in [4.69, 9.17) is 15.9 Å². The largest absolute Gasteiger partial charge is 0.573 e. The summed E-state index contributed by atoms with van der Waals surface area (Å²) in [6, 6.07) is 22.6. The Kier molecular flexibility index (Phi) is 6.09. The number of anilines is 1. The molecule has 40 heavy (non-hydrogen) atoms. The molecule has 5 N–H and O–H groups in total. The molecule has 9 heteroatoms. The van der Waals surface area contributed by atoms with Crippen molar-refractivity contribution in [3.8, 4) is 28.4 Å². The first kappa shape index (κ1) is 25.6. The number of nitrogens with two attached hydrogens (primary N) is 1. The van der Waals surface area contributed by atoms with Crippen LogP contribution >= 0.6 is 0 Å². The monoisotopic (exact) mass is 545 g/mol. The van der Waals surface area contributed by atoms with Crippen LogP contribution in [0.5, 0.6) is 17.2 Å². The third-order valence-electron chi connectivity index (χ3n) is 7.78. The first-order chi connectivity index (χ1) is 19.1. The van der Waals surface area contributed by atoms with Gasteiger partial charge in [-0.05, 0) is 88.2 Å². The maximum absolute atomic E-state index is 13.0. The third kappa shape index (κ3) is 4.47. The minimum absolute atomic E-state index is 0.00991. The number of fused-ring (bicyclic) bond motifs is 5. The second kappa shape index (κ2) is 9.51. The van der Waals surface area contributed by atoms with Crippen molar-refractivity contribution in [2.24, 2.45) is 11.7 Å². The zero-order chi connectivity index (χ0) is 28.2. The van der Waals surface area contributed by atoms with E-state index in [1.54, 1.807) is 18.2 Å². The second-order valence-electron chi connectivity index (χ2n) is 10.1. The predicted octanol–water partition coefficient (Wildman–Crippen LogP) is 6.72. The quantitative estimate of drug-likeness (QED) is 0.165. The van der Waals surface area contributed by atoms with Crippen LogP contribution in [0.3, 0.4) is 0 Å². The van der Waals surface area contributed by atoms with E-state index in [2.05, 4.69) is 22.2 Å². The molecule has 2 aliphatic rings. The summed E-state index contributed by atoms with van der Waals surface area (Å²) in [6.07, 6.45) is -4.08. The SMILES string of the molecule is COc1cc(C2Nc3ccc(C(=N)N)cc3C3c4ccccc4CC23)c(-c2cccc(OC(F)(F)F)c2)cc1O. The van der Waals surface area contributed by atoms with Crippen molar-refractivity contribution < 1.29 is 27.8 Å². The van der Waals surface area contributed by atoms with Crippen LogP contribution in [-0.4, -0.2) is 24.4 Å². The molecule has 0 bridgehead atoms. The van der Waals surface area contributed by atoms with Gasteiger partial charge >= 0.3 is 6.36 Å². The van der Waals surface area contributed by atoms with Crippen molar-refractivity contribution in [3.05, 3.63) is 107 Å². The molecule has 0 radical (unpaired) electrons. The summed E-state index contributed by atoms with van der Waals surface area (Å²) in [4.78, 5) is 0. The van der Waals surface area contributed by atoms with Crippen molar-refractivity contribution >= 4 is 11.5 Å². The van der Waals surface area contributed by atoms with Gasteiger partial charge in [0.2, 0.25) is 0 Å². The number of phenolic OH excluding ortho intramolecular Hbond substituents is 1. The highest BCUT2D eigenvalue weighted by Gasteiger charge is 2.44. The number of amidine groups is 1. The Labute approximate surface area is 228 Å². The van der Waals surface area contributed by atoms with Gasteiger partial charge in [-0.15, -0.1) is 13.2 Å². The lowest BCUT2D eigenvalue weighted by Crippen LogP contribution is -2.31. The molecule has 204 valence electrons. The fourth-order valence-corrected chi connectivity index (χ4v) is 6.15. The van der Waals surface area contributed by atoms with Gasteiger partial charge < -0.3 is 25.6 Å². The molecule has 0 saturated heterocycles. The van der Waals surface area contributed by atoms with Gasteiger partial charge in [0.15, 0.2) is 11.5 Å². The normalized spacial score (nSPS) is 19.1. The van der Waals surface area contributed by atoms with Crippen LogP contribution < -0.4 is 20.5 Å². The predicted molar refractivity (Wildman–Crippen MR) is 146 cm³/mol. The molecule has 3 unspecified atom stereocenters. The number of rotatable bonds is 5. The second-order valence-corrected chi connectivity index (χ2v) is 10.1. The molecule has 1 aliphatic heterocycles. The number of alkyl halides is 3. The van der Waals surface area contributed by atoms with Crippen LogP contribution in [0, 0.1) is 11.3 Å². The number of nitrogen functional groups attached to an aromatic ring is 1. The molecular weight excluding hydrogens is 519 g/mol. The van der Waals surface area contributed by atoms with E-state index >= 15 is 0 Å². The number of halogens is 3. The molecule has 6 rings (SSSR count). The highest BCUT2D eigenvalue weighted by Crippen LogP contribution is 2.55. The molecule has 6 nitrogen and oxygen atoms in total. The summed E-state index contributed by atoms with van der Waals surface area (Å²) < 4.78 is 48.6. The Morgan fingerprint density at radius 2 is 1.77 bits per heavy atom. The number of benzene rings is 4. The van der Waals surface area contributed by atoms with Crippen LogP contribution in [0.4, 0.5) is 18.9 Å². The summed E-state index contributed by atoms with van der Waals surface area (Å²) in [6.45, 7) is 0. The average molecular weight is 546 g/mol. The summed E-state index contributed by atoms with van der Waals surface area (Å²) in [7, 11) is 1.46. The zero-order valence-corrected chi connectivity index (χ0v) is 21.4. The Hall–Kier alpha value is -4.66. The van der Waals surface area contributed by atoms with E-state index < -0.39 is 6.36 Å². The maximum Gasteiger partial charge on any atom is 0.573 e. The van der Waals surface area contributed by atoms with Crippen molar-refractivity contribution in [1.82, 2.24) is 0 Å². The van der Waals surface area contributed by atoms with Crippen molar-refractivity contribution in [2.75, 3.05) is 12.4 Å². The van der Waals surface area contributed by atoms with Crippen molar-refractivity contribution in [2.45, 2.75) is 24.7 Å². The van der Waals surface area contributed by atoms with Gasteiger partial charge in [0, 0.05) is 17.2 Å². The Balaban J connectivity index is 1.53. The Bertz CT molecular complexity index is 1640. The first-order valence-corrected chi connectivity index (χ1v) is 12.7. The van der Waals surface area contributed by atoms with E-state index in [-0.39, 0.29) is 41.0 Å². The van der Waals surface area contributed by atoms with Crippen LogP contribution in [0.25, 0.3) is 11.1 Å². The van der Waals surface area contributed by atoms with Gasteiger partial charge in [0.25, 0.3) is 0 Å². The molecule has 0 amide bonds. The molecule has 3 atom stereocenters. The van der Waals surface area contributed by atoms with E-state index in [1.165, 1.54) is 42.5 Å². The summed E-state index contributed by atoms with van der Waals surface area (Å²) >= 11 is 0. The molecule has 0 aromatic heterocycles.